The van der Waals surface area contributed by atoms with Crippen LogP contribution in [0.4, 0.5) is 11.4 Å². The van der Waals surface area contributed by atoms with Crippen molar-refractivity contribution in [2.24, 2.45) is 0 Å². The van der Waals surface area contributed by atoms with Gasteiger partial charge in [-0.1, -0.05) is 88.8 Å². The predicted molar refractivity (Wildman–Crippen MR) is 177 cm³/mol. The first-order valence-electron chi connectivity index (χ1n) is 17.1. The van der Waals surface area contributed by atoms with E-state index in [1.165, 1.54) is 21.9 Å². The van der Waals surface area contributed by atoms with Crippen molar-refractivity contribution < 1.29 is 38.9 Å². The van der Waals surface area contributed by atoms with Gasteiger partial charge in [0.05, 0.1) is 11.4 Å². The van der Waals surface area contributed by atoms with Crippen LogP contribution in [0.15, 0.2) is 60.7 Å². The quantitative estimate of drug-likeness (QED) is 0.153. The molecule has 10 heteroatoms. The van der Waals surface area contributed by atoms with E-state index in [-0.39, 0.29) is 22.6 Å². The van der Waals surface area contributed by atoms with E-state index in [1.807, 2.05) is 0 Å². The topological polar surface area (TPSA) is 134 Å². The summed E-state index contributed by atoms with van der Waals surface area (Å²) in [4.78, 5) is 58.4. The Bertz CT molecular complexity index is 1690. The molecule has 0 saturated carbocycles. The smallest absolute Gasteiger partial charge is 0.322 e. The fourth-order valence-electron chi connectivity index (χ4n) is 7.92. The molecule has 4 unspecified atom stereocenters. The molecule has 10 nitrogen and oxygen atoms in total. The third-order valence-corrected chi connectivity index (χ3v) is 10.3. The summed E-state index contributed by atoms with van der Waals surface area (Å²) in [6, 6.07) is 16.6. The second-order valence-electron chi connectivity index (χ2n) is 13.2. The van der Waals surface area contributed by atoms with Crippen LogP contribution in [-0.4, -0.2) is 47.1 Å². The summed E-state index contributed by atoms with van der Waals surface area (Å²) in [6.07, 6.45) is 7.42. The number of rotatable bonds is 12. The van der Waals surface area contributed by atoms with Crippen LogP contribution in [0.5, 0.6) is 11.5 Å². The van der Waals surface area contributed by atoms with Crippen molar-refractivity contribution in [3.05, 3.63) is 82.9 Å². The average Bonchev–Trinajstić information content (AvgIpc) is 3.72. The van der Waals surface area contributed by atoms with Gasteiger partial charge in [0.15, 0.2) is 11.2 Å². The lowest BCUT2D eigenvalue weighted by Gasteiger charge is -2.28. The number of esters is 2. The van der Waals surface area contributed by atoms with E-state index in [0.717, 1.165) is 51.4 Å². The summed E-state index contributed by atoms with van der Waals surface area (Å²) in [7, 11) is 0. The Hall–Kier alpha value is -4.54. The maximum atomic E-state index is 14.0. The second-order valence-corrected chi connectivity index (χ2v) is 13.2. The zero-order valence-corrected chi connectivity index (χ0v) is 27.2. The second kappa shape index (κ2) is 12.2. The average molecular weight is 653 g/mol. The summed E-state index contributed by atoms with van der Waals surface area (Å²) >= 11 is 0. The molecular formula is C38H40N2O8. The molecule has 2 amide bonds. The number of unbranched alkanes of at least 4 members (excludes halogenated alkanes) is 6. The zero-order valence-electron chi connectivity index (χ0n) is 27.2. The molecule has 48 heavy (non-hydrogen) atoms. The normalized spacial score (nSPS) is 25.2. The fourth-order valence-corrected chi connectivity index (χ4v) is 7.92. The van der Waals surface area contributed by atoms with Crippen LogP contribution in [-0.2, 0) is 30.4 Å². The van der Waals surface area contributed by atoms with Gasteiger partial charge in [0.2, 0.25) is 0 Å². The molecule has 4 heterocycles. The van der Waals surface area contributed by atoms with Gasteiger partial charge >= 0.3 is 11.9 Å². The van der Waals surface area contributed by atoms with E-state index in [4.69, 9.17) is 9.47 Å². The van der Waals surface area contributed by atoms with Crippen LogP contribution in [0, 0.1) is 0 Å². The fraction of sp³-hybridized carbons (Fsp3) is 0.421. The number of ether oxygens (including phenoxy) is 2. The summed E-state index contributed by atoms with van der Waals surface area (Å²) < 4.78 is 11.4. The van der Waals surface area contributed by atoms with E-state index < -0.39 is 46.8 Å². The lowest BCUT2D eigenvalue weighted by atomic mass is 9.76. The number of carbonyl (C=O) groups excluding carboxylic acids is 4. The van der Waals surface area contributed by atoms with Gasteiger partial charge in [-0.2, -0.15) is 0 Å². The molecule has 250 valence electrons. The van der Waals surface area contributed by atoms with Crippen LogP contribution >= 0.6 is 0 Å². The van der Waals surface area contributed by atoms with E-state index in [2.05, 4.69) is 13.8 Å². The number of hydrogen-bond donors (Lipinski definition) is 2. The maximum Gasteiger partial charge on any atom is 0.322 e. The number of para-hydroxylation sites is 2. The Balaban J connectivity index is 1.25. The Kier molecular flexibility index (Phi) is 8.12. The van der Waals surface area contributed by atoms with Gasteiger partial charge in [-0.3, -0.25) is 19.2 Å². The van der Waals surface area contributed by atoms with Crippen LogP contribution in [0.25, 0.3) is 0 Å². The highest BCUT2D eigenvalue weighted by Gasteiger charge is 2.63. The molecule has 4 aliphatic rings. The van der Waals surface area contributed by atoms with Crippen LogP contribution in [0.3, 0.4) is 0 Å². The first-order chi connectivity index (χ1) is 23.2. The van der Waals surface area contributed by atoms with Gasteiger partial charge in [0.25, 0.3) is 11.8 Å². The standard InChI is InChI=1S/C38H40N2O8/c1-3-5-7-13-19-39-27-17-11-9-15-25(27)37(45,35(39)43)31-23-21-30-24(22-29(23)47-33(31)41)32(34(42)48-30)38(46)26-16-10-12-18-28(26)40(36(38)44)20-14-8-6-4-2/h9-12,15-18,21-22,31-32,45-46H,3-8,13-14,19-20H2,1-2H3. The van der Waals surface area contributed by atoms with Crippen LogP contribution in [0.2, 0.25) is 0 Å². The lowest BCUT2D eigenvalue weighted by molar-refractivity contribution is -0.150. The molecule has 0 aliphatic carbocycles. The minimum absolute atomic E-state index is 0.0332. The zero-order chi connectivity index (χ0) is 33.8. The van der Waals surface area contributed by atoms with Gasteiger partial charge in [-0.05, 0) is 37.1 Å². The number of nitrogens with zero attached hydrogens (tertiary/aromatic N) is 2. The molecule has 0 bridgehead atoms. The number of benzene rings is 3. The summed E-state index contributed by atoms with van der Waals surface area (Å²) in [5.41, 5.74) is -2.45. The number of hydrogen-bond acceptors (Lipinski definition) is 8. The molecule has 0 spiro atoms. The van der Waals surface area contributed by atoms with Crippen molar-refractivity contribution in [1.82, 2.24) is 0 Å². The summed E-state index contributed by atoms with van der Waals surface area (Å²) in [6.45, 7) is 4.98. The van der Waals surface area contributed by atoms with Crippen molar-refractivity contribution in [2.75, 3.05) is 22.9 Å². The molecule has 0 aromatic heterocycles. The molecule has 2 N–H and O–H groups in total. The number of anilines is 2. The maximum absolute atomic E-state index is 14.0. The number of carbonyl (C=O) groups is 4. The molecule has 4 atom stereocenters. The minimum Gasteiger partial charge on any atom is -0.426 e. The van der Waals surface area contributed by atoms with Crippen molar-refractivity contribution in [3.8, 4) is 11.5 Å². The van der Waals surface area contributed by atoms with E-state index >= 15 is 0 Å². The molecule has 0 radical (unpaired) electrons. The Morgan fingerprint density at radius 2 is 1.00 bits per heavy atom. The van der Waals surface area contributed by atoms with Crippen LogP contribution in [0.1, 0.15) is 99.3 Å². The number of fused-ring (bicyclic) bond motifs is 4. The highest BCUT2D eigenvalue weighted by Crippen LogP contribution is 2.58. The SMILES string of the molecule is CCCCCCN1C(=O)C(O)(C2C(=O)Oc3cc4c(cc32)OC(=O)C4C2(O)C(=O)N(CCCCCC)c3ccccc32)c2ccccc21. The Labute approximate surface area is 279 Å². The first kappa shape index (κ1) is 32.0. The number of amides is 2. The van der Waals surface area contributed by atoms with Crippen LogP contribution < -0.4 is 19.3 Å². The van der Waals surface area contributed by atoms with E-state index in [9.17, 15) is 29.4 Å². The lowest BCUT2D eigenvalue weighted by Crippen LogP contribution is -2.46. The highest BCUT2D eigenvalue weighted by molar-refractivity contribution is 6.12. The summed E-state index contributed by atoms with van der Waals surface area (Å²) in [5.74, 6) is -5.68. The van der Waals surface area contributed by atoms with Gasteiger partial charge in [0.1, 0.15) is 23.3 Å². The van der Waals surface area contributed by atoms with Crippen molar-refractivity contribution in [3.63, 3.8) is 0 Å². The molecule has 4 aliphatic heterocycles. The Morgan fingerprint density at radius 1 is 0.604 bits per heavy atom. The molecule has 0 saturated heterocycles. The van der Waals surface area contributed by atoms with Gasteiger partial charge in [-0.15, -0.1) is 0 Å². The monoisotopic (exact) mass is 652 g/mol. The molecule has 3 aromatic carbocycles. The van der Waals surface area contributed by atoms with E-state index in [1.54, 1.807) is 48.5 Å². The predicted octanol–water partition coefficient (Wildman–Crippen LogP) is 5.32. The molecule has 7 rings (SSSR count). The largest absolute Gasteiger partial charge is 0.426 e. The third kappa shape index (κ3) is 4.60. The van der Waals surface area contributed by atoms with Gasteiger partial charge < -0.3 is 29.5 Å². The van der Waals surface area contributed by atoms with Crippen molar-refractivity contribution in [1.29, 1.82) is 0 Å². The van der Waals surface area contributed by atoms with Gasteiger partial charge in [-0.25, -0.2) is 0 Å². The Morgan fingerprint density at radius 3 is 1.40 bits per heavy atom. The highest BCUT2D eigenvalue weighted by atomic mass is 16.6. The van der Waals surface area contributed by atoms with Crippen molar-refractivity contribution >= 4 is 35.1 Å². The minimum atomic E-state index is -2.25. The number of aliphatic hydroxyl groups is 2. The van der Waals surface area contributed by atoms with Gasteiger partial charge in [0, 0.05) is 35.3 Å². The first-order valence-corrected chi connectivity index (χ1v) is 17.1. The molecule has 0 fully saturated rings. The summed E-state index contributed by atoms with van der Waals surface area (Å²) in [5, 5.41) is 24.5. The molecule has 3 aromatic rings. The third-order valence-electron chi connectivity index (χ3n) is 10.3. The molecular weight excluding hydrogens is 612 g/mol. The van der Waals surface area contributed by atoms with Crippen molar-refractivity contribution in [2.45, 2.75) is 88.3 Å². The van der Waals surface area contributed by atoms with E-state index in [0.29, 0.717) is 35.6 Å².